The van der Waals surface area contributed by atoms with Gasteiger partial charge in [0.15, 0.2) is 0 Å². The Hall–Kier alpha value is -1.19. The van der Waals surface area contributed by atoms with Crippen LogP contribution in [0.3, 0.4) is 0 Å². The Balaban J connectivity index is 2.24. The van der Waals surface area contributed by atoms with E-state index in [1.165, 1.54) is 0 Å². The first-order chi connectivity index (χ1) is 7.15. The Morgan fingerprint density at radius 1 is 1.33 bits per heavy atom. The first-order valence-electron chi connectivity index (χ1n) is 4.29. The Kier molecular flexibility index (Phi) is 2.84. The van der Waals surface area contributed by atoms with E-state index in [9.17, 15) is 0 Å². The molecule has 0 saturated carbocycles. The summed E-state index contributed by atoms with van der Waals surface area (Å²) in [6.07, 6.45) is 2.14. The van der Waals surface area contributed by atoms with E-state index >= 15 is 0 Å². The van der Waals surface area contributed by atoms with Gasteiger partial charge in [-0.1, -0.05) is 29.3 Å². The predicted molar refractivity (Wildman–Crippen MR) is 60.2 cm³/mol. The second-order valence-electron chi connectivity index (χ2n) is 3.08. The summed E-state index contributed by atoms with van der Waals surface area (Å²) in [6, 6.07) is 5.49. The SMILES string of the molecule is Nc1ncc(Cc2ccc(Cl)cc2Cl)o1. The van der Waals surface area contributed by atoms with Crippen molar-refractivity contribution >= 4 is 29.2 Å². The van der Waals surface area contributed by atoms with Crippen LogP contribution in [0.4, 0.5) is 6.01 Å². The second-order valence-corrected chi connectivity index (χ2v) is 3.92. The number of hydrogen-bond donors (Lipinski definition) is 1. The number of nitrogen functional groups attached to an aromatic ring is 1. The summed E-state index contributed by atoms with van der Waals surface area (Å²) in [5.74, 6) is 0.678. The first-order valence-corrected chi connectivity index (χ1v) is 5.05. The van der Waals surface area contributed by atoms with Crippen LogP contribution in [0.1, 0.15) is 11.3 Å². The van der Waals surface area contributed by atoms with Crippen molar-refractivity contribution in [3.8, 4) is 0 Å². The fourth-order valence-corrected chi connectivity index (χ4v) is 1.73. The highest BCUT2D eigenvalue weighted by molar-refractivity contribution is 6.35. The molecule has 1 aromatic heterocycles. The molecule has 0 bridgehead atoms. The van der Waals surface area contributed by atoms with E-state index < -0.39 is 0 Å². The van der Waals surface area contributed by atoms with E-state index in [2.05, 4.69) is 4.98 Å². The molecule has 0 aliphatic rings. The lowest BCUT2D eigenvalue weighted by atomic mass is 10.1. The van der Waals surface area contributed by atoms with E-state index in [1.54, 1.807) is 18.3 Å². The van der Waals surface area contributed by atoms with E-state index in [0.717, 1.165) is 5.56 Å². The van der Waals surface area contributed by atoms with Crippen molar-refractivity contribution in [2.45, 2.75) is 6.42 Å². The molecule has 0 saturated heterocycles. The van der Waals surface area contributed by atoms with Gasteiger partial charge < -0.3 is 10.2 Å². The van der Waals surface area contributed by atoms with Gasteiger partial charge in [-0.15, -0.1) is 0 Å². The summed E-state index contributed by atoms with van der Waals surface area (Å²) in [6.45, 7) is 0. The molecule has 1 heterocycles. The number of nitrogens with two attached hydrogens (primary N) is 1. The van der Waals surface area contributed by atoms with Crippen LogP contribution in [0.2, 0.25) is 10.0 Å². The van der Waals surface area contributed by atoms with Crippen LogP contribution < -0.4 is 5.73 Å². The zero-order valence-electron chi connectivity index (χ0n) is 7.71. The smallest absolute Gasteiger partial charge is 0.292 e. The van der Waals surface area contributed by atoms with Gasteiger partial charge in [0.2, 0.25) is 0 Å². The van der Waals surface area contributed by atoms with Gasteiger partial charge in [-0.3, -0.25) is 0 Å². The van der Waals surface area contributed by atoms with E-state index in [0.29, 0.717) is 22.2 Å². The zero-order chi connectivity index (χ0) is 10.8. The zero-order valence-corrected chi connectivity index (χ0v) is 9.22. The summed E-state index contributed by atoms with van der Waals surface area (Å²) < 4.78 is 5.15. The third kappa shape index (κ3) is 2.43. The van der Waals surface area contributed by atoms with Crippen LogP contribution in [-0.4, -0.2) is 4.98 Å². The van der Waals surface area contributed by atoms with Crippen molar-refractivity contribution in [1.29, 1.82) is 0 Å². The van der Waals surface area contributed by atoms with Gasteiger partial charge in [-0.2, -0.15) is 0 Å². The van der Waals surface area contributed by atoms with Crippen LogP contribution in [0.15, 0.2) is 28.8 Å². The number of aromatic nitrogens is 1. The number of halogens is 2. The number of oxazole rings is 1. The molecule has 15 heavy (non-hydrogen) atoms. The third-order valence-corrected chi connectivity index (χ3v) is 2.54. The maximum absolute atomic E-state index is 6.01. The fourth-order valence-electron chi connectivity index (χ4n) is 1.26. The Bertz CT molecular complexity index is 482. The molecule has 0 radical (unpaired) electrons. The van der Waals surface area contributed by atoms with Crippen molar-refractivity contribution in [3.05, 3.63) is 45.8 Å². The molecule has 0 spiro atoms. The monoisotopic (exact) mass is 242 g/mol. The molecule has 0 unspecified atom stereocenters. The number of benzene rings is 1. The maximum Gasteiger partial charge on any atom is 0.292 e. The molecule has 3 nitrogen and oxygen atoms in total. The van der Waals surface area contributed by atoms with Gasteiger partial charge in [-0.05, 0) is 17.7 Å². The Morgan fingerprint density at radius 2 is 2.13 bits per heavy atom. The first kappa shape index (κ1) is 10.3. The molecule has 78 valence electrons. The van der Waals surface area contributed by atoms with Crippen LogP contribution >= 0.6 is 23.2 Å². The molecule has 2 rings (SSSR count). The largest absolute Gasteiger partial charge is 0.429 e. The van der Waals surface area contributed by atoms with Gasteiger partial charge in [0, 0.05) is 16.5 Å². The quantitative estimate of drug-likeness (QED) is 0.881. The number of rotatable bonds is 2. The number of hydrogen-bond acceptors (Lipinski definition) is 3. The summed E-state index contributed by atoms with van der Waals surface area (Å²) >= 11 is 11.8. The fraction of sp³-hybridized carbons (Fsp3) is 0.100. The summed E-state index contributed by atoms with van der Waals surface area (Å²) in [5.41, 5.74) is 6.29. The minimum absolute atomic E-state index is 0.162. The molecule has 2 aromatic rings. The number of nitrogens with zero attached hydrogens (tertiary/aromatic N) is 1. The van der Waals surface area contributed by atoms with E-state index in [-0.39, 0.29) is 6.01 Å². The van der Waals surface area contributed by atoms with Crippen molar-refractivity contribution in [2.24, 2.45) is 0 Å². The van der Waals surface area contributed by atoms with E-state index in [1.807, 2.05) is 6.07 Å². The lowest BCUT2D eigenvalue weighted by Crippen LogP contribution is -1.87. The maximum atomic E-state index is 6.01. The van der Waals surface area contributed by atoms with Crippen LogP contribution in [0, 0.1) is 0 Å². The van der Waals surface area contributed by atoms with Gasteiger partial charge in [-0.25, -0.2) is 4.98 Å². The highest BCUT2D eigenvalue weighted by atomic mass is 35.5. The summed E-state index contributed by atoms with van der Waals surface area (Å²) in [4.78, 5) is 3.80. The summed E-state index contributed by atoms with van der Waals surface area (Å²) in [7, 11) is 0. The standard InChI is InChI=1S/C10H8Cl2N2O/c11-7-2-1-6(9(12)4-7)3-8-5-14-10(13)15-8/h1-2,4-5H,3H2,(H2,13,14). The molecule has 0 atom stereocenters. The van der Waals surface area contributed by atoms with E-state index in [4.69, 9.17) is 33.4 Å². The predicted octanol–water partition coefficient (Wildman–Crippen LogP) is 3.15. The van der Waals surface area contributed by atoms with Crippen LogP contribution in [0.5, 0.6) is 0 Å². The van der Waals surface area contributed by atoms with Gasteiger partial charge in [0.25, 0.3) is 6.01 Å². The molecular formula is C10H8Cl2N2O. The third-order valence-electron chi connectivity index (χ3n) is 1.95. The van der Waals surface area contributed by atoms with Crippen LogP contribution in [-0.2, 0) is 6.42 Å². The average Bonchev–Trinajstić information content (AvgIpc) is 2.56. The molecule has 0 amide bonds. The van der Waals surface area contributed by atoms with Gasteiger partial charge in [0.1, 0.15) is 5.76 Å². The molecule has 0 aliphatic heterocycles. The normalized spacial score (nSPS) is 10.5. The Labute approximate surface area is 96.8 Å². The summed E-state index contributed by atoms with van der Waals surface area (Å²) in [5, 5.41) is 1.22. The number of anilines is 1. The van der Waals surface area contributed by atoms with Crippen molar-refractivity contribution < 1.29 is 4.42 Å². The minimum atomic E-state index is 0.162. The highest BCUT2D eigenvalue weighted by Gasteiger charge is 2.06. The van der Waals surface area contributed by atoms with Gasteiger partial charge >= 0.3 is 0 Å². The molecule has 5 heteroatoms. The Morgan fingerprint density at radius 3 is 2.73 bits per heavy atom. The molecule has 0 fully saturated rings. The minimum Gasteiger partial charge on any atom is -0.429 e. The van der Waals surface area contributed by atoms with Crippen molar-refractivity contribution in [1.82, 2.24) is 4.98 Å². The van der Waals surface area contributed by atoms with Crippen molar-refractivity contribution in [2.75, 3.05) is 5.73 Å². The second kappa shape index (κ2) is 4.13. The molecular weight excluding hydrogens is 235 g/mol. The topological polar surface area (TPSA) is 52.0 Å². The lowest BCUT2D eigenvalue weighted by Gasteiger charge is -2.01. The molecule has 1 aromatic carbocycles. The lowest BCUT2D eigenvalue weighted by molar-refractivity contribution is 0.534. The molecule has 2 N–H and O–H groups in total. The average molecular weight is 243 g/mol. The van der Waals surface area contributed by atoms with Crippen LogP contribution in [0.25, 0.3) is 0 Å². The van der Waals surface area contributed by atoms with Crippen molar-refractivity contribution in [3.63, 3.8) is 0 Å². The van der Waals surface area contributed by atoms with Gasteiger partial charge in [0.05, 0.1) is 6.20 Å². The highest BCUT2D eigenvalue weighted by Crippen LogP contribution is 2.23. The molecule has 0 aliphatic carbocycles.